The molecule has 1 atom stereocenters. The molecule has 1 aromatic heterocycles. The van der Waals surface area contributed by atoms with Gasteiger partial charge in [-0.2, -0.15) is 4.37 Å². The van der Waals surface area contributed by atoms with Crippen LogP contribution in [0.3, 0.4) is 0 Å². The molecule has 1 fully saturated rings. The fourth-order valence-electron chi connectivity index (χ4n) is 2.41. The summed E-state index contributed by atoms with van der Waals surface area (Å²) >= 11 is 1.54. The van der Waals surface area contributed by atoms with Crippen LogP contribution in [0, 0.1) is 12.8 Å². The Hall–Kier alpha value is -0.680. The summed E-state index contributed by atoms with van der Waals surface area (Å²) < 4.78 is 4.30. The summed E-state index contributed by atoms with van der Waals surface area (Å²) in [6.07, 6.45) is 3.88. The molecule has 1 aliphatic rings. The molecule has 0 radical (unpaired) electrons. The Morgan fingerprint density at radius 1 is 1.44 bits per heavy atom. The van der Waals surface area contributed by atoms with E-state index in [1.165, 1.54) is 30.8 Å². The van der Waals surface area contributed by atoms with E-state index in [0.717, 1.165) is 30.6 Å². The van der Waals surface area contributed by atoms with Gasteiger partial charge in [0.1, 0.15) is 5.82 Å². The number of nitrogens with one attached hydrogen (secondary N) is 1. The van der Waals surface area contributed by atoms with Crippen molar-refractivity contribution in [2.45, 2.75) is 46.1 Å². The highest BCUT2D eigenvalue weighted by Crippen LogP contribution is 2.25. The predicted molar refractivity (Wildman–Crippen MR) is 77.3 cm³/mol. The third kappa shape index (κ3) is 3.65. The van der Waals surface area contributed by atoms with Crippen LogP contribution >= 0.6 is 11.5 Å². The molecule has 1 saturated heterocycles. The van der Waals surface area contributed by atoms with Crippen LogP contribution in [0.25, 0.3) is 0 Å². The zero-order valence-electron chi connectivity index (χ0n) is 11.6. The molecule has 1 aliphatic heterocycles. The molecule has 0 amide bonds. The molecule has 102 valence electrons. The van der Waals surface area contributed by atoms with E-state index in [-0.39, 0.29) is 0 Å². The fraction of sp³-hybridized carbons (Fsp3) is 0.846. The van der Waals surface area contributed by atoms with Crippen molar-refractivity contribution in [3.8, 4) is 0 Å². The van der Waals surface area contributed by atoms with E-state index in [4.69, 9.17) is 0 Å². The molecule has 0 saturated carbocycles. The first-order valence-corrected chi connectivity index (χ1v) is 7.72. The highest BCUT2D eigenvalue weighted by atomic mass is 32.1. The molecule has 2 heterocycles. The molecule has 18 heavy (non-hydrogen) atoms. The van der Waals surface area contributed by atoms with Crippen molar-refractivity contribution < 1.29 is 0 Å². The Morgan fingerprint density at radius 3 is 2.94 bits per heavy atom. The van der Waals surface area contributed by atoms with E-state index in [0.29, 0.717) is 12.0 Å². The number of aromatic nitrogens is 2. The Morgan fingerprint density at radius 2 is 2.28 bits per heavy atom. The molecule has 1 aromatic rings. The summed E-state index contributed by atoms with van der Waals surface area (Å²) in [5, 5.41) is 4.68. The Kier molecular flexibility index (Phi) is 4.95. The molecule has 0 aromatic carbocycles. The van der Waals surface area contributed by atoms with Crippen LogP contribution in [0.5, 0.6) is 0 Å². The molecular weight excluding hydrogens is 244 g/mol. The van der Waals surface area contributed by atoms with Gasteiger partial charge >= 0.3 is 0 Å². The maximum Gasteiger partial charge on any atom is 0.205 e. The third-order valence-electron chi connectivity index (χ3n) is 3.32. The standard InChI is InChI=1S/C13H24N4S/c1-10(2)8-14-9-12-6-4-5-7-17(12)13-15-11(3)16-18-13/h10,12,14H,4-9H2,1-3H3. The minimum absolute atomic E-state index is 0.588. The van der Waals surface area contributed by atoms with E-state index in [1.54, 1.807) is 0 Å². The number of anilines is 1. The zero-order chi connectivity index (χ0) is 13.0. The molecular formula is C13H24N4S. The average molecular weight is 268 g/mol. The van der Waals surface area contributed by atoms with Gasteiger partial charge in [-0.15, -0.1) is 0 Å². The van der Waals surface area contributed by atoms with Crippen LogP contribution in [-0.2, 0) is 0 Å². The lowest BCUT2D eigenvalue weighted by atomic mass is 10.0. The van der Waals surface area contributed by atoms with Gasteiger partial charge in [0.2, 0.25) is 5.13 Å². The number of hydrogen-bond acceptors (Lipinski definition) is 5. The van der Waals surface area contributed by atoms with Crippen LogP contribution in [0.1, 0.15) is 38.9 Å². The van der Waals surface area contributed by atoms with Gasteiger partial charge in [-0.05, 0) is 38.6 Å². The summed E-state index contributed by atoms with van der Waals surface area (Å²) in [4.78, 5) is 6.98. The Balaban J connectivity index is 1.93. The van der Waals surface area contributed by atoms with Crippen molar-refractivity contribution in [2.24, 2.45) is 5.92 Å². The van der Waals surface area contributed by atoms with Crippen LogP contribution in [-0.4, -0.2) is 35.0 Å². The summed E-state index contributed by atoms with van der Waals surface area (Å²) in [5.41, 5.74) is 0. The molecule has 0 bridgehead atoms. The fourth-order valence-corrected chi connectivity index (χ4v) is 3.18. The molecule has 1 unspecified atom stereocenters. The van der Waals surface area contributed by atoms with Crippen LogP contribution in [0.4, 0.5) is 5.13 Å². The van der Waals surface area contributed by atoms with E-state index >= 15 is 0 Å². The van der Waals surface area contributed by atoms with Crippen molar-refractivity contribution in [3.05, 3.63) is 5.82 Å². The lowest BCUT2D eigenvalue weighted by Crippen LogP contribution is -2.46. The summed E-state index contributed by atoms with van der Waals surface area (Å²) in [7, 11) is 0. The number of hydrogen-bond donors (Lipinski definition) is 1. The summed E-state index contributed by atoms with van der Waals surface area (Å²) in [5.74, 6) is 1.61. The van der Waals surface area contributed by atoms with Gasteiger partial charge in [0.05, 0.1) is 0 Å². The summed E-state index contributed by atoms with van der Waals surface area (Å²) in [6.45, 7) is 9.76. The van der Waals surface area contributed by atoms with Gasteiger partial charge < -0.3 is 10.2 Å². The predicted octanol–water partition coefficient (Wildman–Crippen LogP) is 2.45. The number of aryl methyl sites for hydroxylation is 1. The number of piperidine rings is 1. The van der Waals surface area contributed by atoms with E-state index < -0.39 is 0 Å². The summed E-state index contributed by atoms with van der Waals surface area (Å²) in [6, 6.07) is 0.588. The first-order valence-electron chi connectivity index (χ1n) is 6.94. The SMILES string of the molecule is Cc1nsc(N2CCCCC2CNCC(C)C)n1. The van der Waals surface area contributed by atoms with Crippen molar-refractivity contribution in [1.29, 1.82) is 0 Å². The molecule has 1 N–H and O–H groups in total. The highest BCUT2D eigenvalue weighted by Gasteiger charge is 2.24. The second-order valence-electron chi connectivity index (χ2n) is 5.52. The van der Waals surface area contributed by atoms with Gasteiger partial charge in [0.15, 0.2) is 0 Å². The van der Waals surface area contributed by atoms with Crippen LogP contribution in [0.15, 0.2) is 0 Å². The monoisotopic (exact) mass is 268 g/mol. The molecule has 0 aliphatic carbocycles. The van der Waals surface area contributed by atoms with E-state index in [9.17, 15) is 0 Å². The topological polar surface area (TPSA) is 41.1 Å². The first-order chi connectivity index (χ1) is 8.66. The quantitative estimate of drug-likeness (QED) is 0.890. The minimum atomic E-state index is 0.588. The zero-order valence-corrected chi connectivity index (χ0v) is 12.5. The first kappa shape index (κ1) is 13.7. The van der Waals surface area contributed by atoms with Crippen molar-refractivity contribution in [3.63, 3.8) is 0 Å². The van der Waals surface area contributed by atoms with Gasteiger partial charge in [-0.1, -0.05) is 13.8 Å². The Labute approximate surface area is 114 Å². The van der Waals surface area contributed by atoms with Crippen LogP contribution in [0.2, 0.25) is 0 Å². The van der Waals surface area contributed by atoms with Gasteiger partial charge in [-0.25, -0.2) is 4.98 Å². The van der Waals surface area contributed by atoms with Gasteiger partial charge in [0, 0.05) is 30.7 Å². The molecule has 0 spiro atoms. The smallest absolute Gasteiger partial charge is 0.205 e. The van der Waals surface area contributed by atoms with E-state index in [1.807, 2.05) is 6.92 Å². The van der Waals surface area contributed by atoms with Crippen molar-refractivity contribution in [2.75, 3.05) is 24.5 Å². The maximum absolute atomic E-state index is 4.53. The normalized spacial score (nSPS) is 20.7. The van der Waals surface area contributed by atoms with Crippen molar-refractivity contribution >= 4 is 16.7 Å². The van der Waals surface area contributed by atoms with Crippen molar-refractivity contribution in [1.82, 2.24) is 14.7 Å². The number of rotatable bonds is 5. The second kappa shape index (κ2) is 6.48. The minimum Gasteiger partial charge on any atom is -0.343 e. The molecule has 2 rings (SSSR count). The lowest BCUT2D eigenvalue weighted by Gasteiger charge is -2.35. The average Bonchev–Trinajstić information content (AvgIpc) is 2.76. The van der Waals surface area contributed by atoms with E-state index in [2.05, 4.69) is 33.4 Å². The second-order valence-corrected chi connectivity index (χ2v) is 6.25. The number of nitrogens with zero attached hydrogens (tertiary/aromatic N) is 3. The maximum atomic E-state index is 4.53. The molecule has 5 heteroatoms. The van der Waals surface area contributed by atoms with Gasteiger partial charge in [0.25, 0.3) is 0 Å². The largest absolute Gasteiger partial charge is 0.343 e. The highest BCUT2D eigenvalue weighted by molar-refractivity contribution is 7.09. The van der Waals surface area contributed by atoms with Crippen LogP contribution < -0.4 is 10.2 Å². The van der Waals surface area contributed by atoms with Gasteiger partial charge in [-0.3, -0.25) is 0 Å². The Bertz CT molecular complexity index is 364. The third-order valence-corrected chi connectivity index (χ3v) is 4.17. The lowest BCUT2D eigenvalue weighted by molar-refractivity contribution is 0.422. The molecule has 4 nitrogen and oxygen atoms in total.